The van der Waals surface area contributed by atoms with Crippen molar-refractivity contribution < 1.29 is 17.2 Å². The number of halogens is 2. The van der Waals surface area contributed by atoms with Gasteiger partial charge in [0.2, 0.25) is 0 Å². The molecule has 0 aromatic heterocycles. The Balaban J connectivity index is 1.58. The van der Waals surface area contributed by atoms with Gasteiger partial charge in [0, 0.05) is 31.2 Å². The molecular formula is C26H28F2N2O2S. The molecule has 1 heterocycles. The zero-order chi connectivity index (χ0) is 23.6. The van der Waals surface area contributed by atoms with Crippen molar-refractivity contribution >= 4 is 15.7 Å². The average molecular weight is 471 g/mol. The van der Waals surface area contributed by atoms with E-state index in [9.17, 15) is 17.2 Å². The van der Waals surface area contributed by atoms with Crippen LogP contribution in [0.5, 0.6) is 0 Å². The van der Waals surface area contributed by atoms with Gasteiger partial charge in [0.05, 0.1) is 10.6 Å². The summed E-state index contributed by atoms with van der Waals surface area (Å²) in [6, 6.07) is 18.4. The molecule has 4 nitrogen and oxygen atoms in total. The van der Waals surface area contributed by atoms with E-state index < -0.39 is 21.7 Å². The van der Waals surface area contributed by atoms with E-state index in [-0.39, 0.29) is 10.9 Å². The monoisotopic (exact) mass is 470 g/mol. The van der Waals surface area contributed by atoms with Gasteiger partial charge in [-0.05, 0) is 62.6 Å². The highest BCUT2D eigenvalue weighted by atomic mass is 32.2. The number of hydrogen-bond donors (Lipinski definition) is 0. The molecule has 0 radical (unpaired) electrons. The third-order valence-corrected chi connectivity index (χ3v) is 8.03. The van der Waals surface area contributed by atoms with Gasteiger partial charge >= 0.3 is 0 Å². The standard InChI is InChI=1S/C26H28F2N2O2S/c1-19-9-11-22(12-10-19)30(33(31,32)24-7-3-5-20(2)17-24)23-13-15-29(16-14-23)18-21-6-4-8-25(27)26(21)28/h3-12,17,23H,13-16,18H2,1-2H3. The van der Waals surface area contributed by atoms with Gasteiger partial charge in [-0.2, -0.15) is 0 Å². The molecule has 4 rings (SSSR count). The largest absolute Gasteiger partial charge is 0.299 e. The first-order valence-corrected chi connectivity index (χ1v) is 12.5. The third kappa shape index (κ3) is 5.09. The second-order valence-corrected chi connectivity index (χ2v) is 10.5. The summed E-state index contributed by atoms with van der Waals surface area (Å²) in [4.78, 5) is 2.31. The fourth-order valence-corrected chi connectivity index (χ4v) is 6.17. The molecule has 0 amide bonds. The molecule has 0 atom stereocenters. The third-order valence-electron chi connectivity index (χ3n) is 6.15. The summed E-state index contributed by atoms with van der Waals surface area (Å²) in [6.07, 6.45) is 1.19. The smallest absolute Gasteiger partial charge is 0.264 e. The van der Waals surface area contributed by atoms with Crippen molar-refractivity contribution in [3.63, 3.8) is 0 Å². The number of anilines is 1. The lowest BCUT2D eigenvalue weighted by molar-refractivity contribution is 0.203. The molecule has 3 aromatic rings. The van der Waals surface area contributed by atoms with Gasteiger partial charge < -0.3 is 0 Å². The van der Waals surface area contributed by atoms with Crippen LogP contribution in [0.2, 0.25) is 0 Å². The van der Waals surface area contributed by atoms with Crippen molar-refractivity contribution in [2.45, 2.75) is 44.2 Å². The number of hydrogen-bond acceptors (Lipinski definition) is 3. The van der Waals surface area contributed by atoms with Gasteiger partial charge in [-0.25, -0.2) is 17.2 Å². The van der Waals surface area contributed by atoms with E-state index in [1.165, 1.54) is 6.07 Å². The van der Waals surface area contributed by atoms with E-state index in [1.54, 1.807) is 28.6 Å². The van der Waals surface area contributed by atoms with Crippen molar-refractivity contribution in [3.8, 4) is 0 Å². The maximum atomic E-state index is 14.1. The number of rotatable bonds is 6. The minimum Gasteiger partial charge on any atom is -0.299 e. The molecule has 0 N–H and O–H groups in total. The van der Waals surface area contributed by atoms with Crippen molar-refractivity contribution in [3.05, 3.63) is 95.1 Å². The zero-order valence-corrected chi connectivity index (χ0v) is 19.7. The maximum absolute atomic E-state index is 14.1. The van der Waals surface area contributed by atoms with Crippen molar-refractivity contribution in [2.75, 3.05) is 17.4 Å². The van der Waals surface area contributed by atoms with Gasteiger partial charge in [0.1, 0.15) is 0 Å². The molecule has 174 valence electrons. The predicted octanol–water partition coefficient (Wildman–Crippen LogP) is 5.44. The average Bonchev–Trinajstić information content (AvgIpc) is 2.79. The molecular weight excluding hydrogens is 442 g/mol. The highest BCUT2D eigenvalue weighted by Crippen LogP contribution is 2.31. The first kappa shape index (κ1) is 23.4. The molecule has 1 saturated heterocycles. The first-order valence-electron chi connectivity index (χ1n) is 11.1. The lowest BCUT2D eigenvalue weighted by Gasteiger charge is -2.39. The van der Waals surface area contributed by atoms with Gasteiger partial charge in [0.25, 0.3) is 10.0 Å². The van der Waals surface area contributed by atoms with Crippen molar-refractivity contribution in [1.82, 2.24) is 4.90 Å². The van der Waals surface area contributed by atoms with Crippen LogP contribution in [-0.2, 0) is 16.6 Å². The minimum absolute atomic E-state index is 0.230. The highest BCUT2D eigenvalue weighted by molar-refractivity contribution is 7.92. The van der Waals surface area contributed by atoms with Crippen LogP contribution in [0.25, 0.3) is 0 Å². The number of sulfonamides is 1. The van der Waals surface area contributed by atoms with Crippen LogP contribution in [0.4, 0.5) is 14.5 Å². The number of benzene rings is 3. The van der Waals surface area contributed by atoms with Gasteiger partial charge in [0.15, 0.2) is 11.6 Å². The van der Waals surface area contributed by atoms with E-state index in [2.05, 4.69) is 0 Å². The van der Waals surface area contributed by atoms with Crippen LogP contribution in [0.15, 0.2) is 71.6 Å². The summed E-state index contributed by atoms with van der Waals surface area (Å²) in [6.45, 7) is 5.32. The topological polar surface area (TPSA) is 40.6 Å². The van der Waals surface area contributed by atoms with E-state index >= 15 is 0 Å². The molecule has 1 aliphatic rings. The highest BCUT2D eigenvalue weighted by Gasteiger charge is 2.34. The molecule has 33 heavy (non-hydrogen) atoms. The zero-order valence-electron chi connectivity index (χ0n) is 18.8. The summed E-state index contributed by atoms with van der Waals surface area (Å²) in [7, 11) is -3.77. The fraction of sp³-hybridized carbons (Fsp3) is 0.308. The Hall–Kier alpha value is -2.77. The maximum Gasteiger partial charge on any atom is 0.264 e. The molecule has 1 fully saturated rings. The summed E-state index contributed by atoms with van der Waals surface area (Å²) in [5.41, 5.74) is 2.89. The summed E-state index contributed by atoms with van der Waals surface area (Å²) in [5, 5.41) is 0. The van der Waals surface area contributed by atoms with Crippen LogP contribution in [0.1, 0.15) is 29.5 Å². The SMILES string of the molecule is Cc1ccc(N(C2CCN(Cc3cccc(F)c3F)CC2)S(=O)(=O)c2cccc(C)c2)cc1. The van der Waals surface area contributed by atoms with E-state index in [4.69, 9.17) is 0 Å². The molecule has 7 heteroatoms. The molecule has 1 aliphatic heterocycles. The number of likely N-dealkylation sites (tertiary alicyclic amines) is 1. The van der Waals surface area contributed by atoms with Gasteiger partial charge in [-0.3, -0.25) is 9.21 Å². The Morgan fingerprint density at radius 2 is 1.58 bits per heavy atom. The van der Waals surface area contributed by atoms with E-state index in [0.29, 0.717) is 43.7 Å². The Morgan fingerprint density at radius 3 is 2.24 bits per heavy atom. The van der Waals surface area contributed by atoms with Crippen LogP contribution < -0.4 is 4.31 Å². The number of aryl methyl sites for hydroxylation is 2. The fourth-order valence-electron chi connectivity index (χ4n) is 4.35. The predicted molar refractivity (Wildman–Crippen MR) is 127 cm³/mol. The molecule has 0 unspecified atom stereocenters. The molecule has 0 bridgehead atoms. The molecule has 0 saturated carbocycles. The summed E-state index contributed by atoms with van der Waals surface area (Å²) in [5.74, 6) is -1.67. The van der Waals surface area contributed by atoms with Crippen LogP contribution in [-0.4, -0.2) is 32.4 Å². The van der Waals surface area contributed by atoms with E-state index in [1.807, 2.05) is 49.1 Å². The molecule has 0 aliphatic carbocycles. The Morgan fingerprint density at radius 1 is 0.909 bits per heavy atom. The Bertz CT molecular complexity index is 1220. The minimum atomic E-state index is -3.77. The second kappa shape index (κ2) is 9.61. The van der Waals surface area contributed by atoms with Gasteiger partial charge in [-0.15, -0.1) is 0 Å². The summed E-state index contributed by atoms with van der Waals surface area (Å²) < 4.78 is 56.7. The Labute approximate surface area is 194 Å². The molecule has 3 aromatic carbocycles. The van der Waals surface area contributed by atoms with Gasteiger partial charge in [-0.1, -0.05) is 42.0 Å². The second-order valence-electron chi connectivity index (χ2n) is 8.67. The first-order chi connectivity index (χ1) is 15.8. The van der Waals surface area contributed by atoms with Crippen LogP contribution in [0, 0.1) is 25.5 Å². The lowest BCUT2D eigenvalue weighted by atomic mass is 10.0. The molecule has 0 spiro atoms. The Kier molecular flexibility index (Phi) is 6.81. The van der Waals surface area contributed by atoms with Crippen molar-refractivity contribution in [1.29, 1.82) is 0 Å². The van der Waals surface area contributed by atoms with E-state index in [0.717, 1.165) is 17.2 Å². The van der Waals surface area contributed by atoms with Crippen LogP contribution in [0.3, 0.4) is 0 Å². The normalized spacial score (nSPS) is 15.5. The quantitative estimate of drug-likeness (QED) is 0.482. The van der Waals surface area contributed by atoms with Crippen molar-refractivity contribution in [2.24, 2.45) is 0 Å². The summed E-state index contributed by atoms with van der Waals surface area (Å²) >= 11 is 0. The van der Waals surface area contributed by atoms with Crippen LogP contribution >= 0.6 is 0 Å². The number of nitrogens with zero attached hydrogens (tertiary/aromatic N) is 2. The number of piperidine rings is 1. The lowest BCUT2D eigenvalue weighted by Crippen LogP contribution is -2.47.